The lowest BCUT2D eigenvalue weighted by molar-refractivity contribution is 0.206. The minimum absolute atomic E-state index is 0.889. The van der Waals surface area contributed by atoms with Crippen molar-refractivity contribution in [2.75, 3.05) is 6.54 Å². The maximum atomic E-state index is 4.40. The molecule has 0 N–H and O–H groups in total. The Bertz CT molecular complexity index is 505. The van der Waals surface area contributed by atoms with Crippen LogP contribution in [0.1, 0.15) is 11.5 Å². The lowest BCUT2D eigenvalue weighted by atomic mass is 10.3. The third-order valence-corrected chi connectivity index (χ3v) is 3.47. The number of hydrogen-bond acceptors (Lipinski definition) is 3. The van der Waals surface area contributed by atoms with Gasteiger partial charge < -0.3 is 4.57 Å². The summed E-state index contributed by atoms with van der Waals surface area (Å²) in [7, 11) is 0. The fourth-order valence-electron chi connectivity index (χ4n) is 2.09. The van der Waals surface area contributed by atoms with Crippen LogP contribution in [0.3, 0.4) is 0 Å². The van der Waals surface area contributed by atoms with Crippen molar-refractivity contribution in [2.45, 2.75) is 19.6 Å². The molecule has 0 fully saturated rings. The van der Waals surface area contributed by atoms with E-state index in [9.17, 15) is 0 Å². The van der Waals surface area contributed by atoms with Crippen molar-refractivity contribution in [1.29, 1.82) is 0 Å². The van der Waals surface area contributed by atoms with Gasteiger partial charge in [-0.1, -0.05) is 0 Å². The van der Waals surface area contributed by atoms with Gasteiger partial charge in [0.15, 0.2) is 0 Å². The molecule has 5 heteroatoms. The monoisotopic (exact) mass is 292 g/mol. The van der Waals surface area contributed by atoms with Gasteiger partial charge in [0.1, 0.15) is 5.82 Å². The lowest BCUT2D eigenvalue weighted by Gasteiger charge is -2.27. The summed E-state index contributed by atoms with van der Waals surface area (Å²) in [6.45, 7) is 3.87. The van der Waals surface area contributed by atoms with Crippen molar-refractivity contribution in [3.05, 3.63) is 46.7 Å². The highest BCUT2D eigenvalue weighted by atomic mass is 79.9. The van der Waals surface area contributed by atoms with Gasteiger partial charge in [-0.15, -0.1) is 0 Å². The first-order chi connectivity index (χ1) is 8.31. The Morgan fingerprint density at radius 3 is 3.00 bits per heavy atom. The van der Waals surface area contributed by atoms with E-state index in [4.69, 9.17) is 0 Å². The van der Waals surface area contributed by atoms with E-state index in [0.29, 0.717) is 0 Å². The third-order valence-electron chi connectivity index (χ3n) is 3.00. The standard InChI is InChI=1S/C12H13BrN4/c13-10-1-2-11(15-7-10)8-16-5-6-17-4-3-14-12(17)9-16/h1-4,7H,5-6,8-9H2. The quantitative estimate of drug-likeness (QED) is 0.850. The number of hydrogen-bond donors (Lipinski definition) is 0. The van der Waals surface area contributed by atoms with E-state index < -0.39 is 0 Å². The van der Waals surface area contributed by atoms with Crippen molar-refractivity contribution >= 4 is 15.9 Å². The fraction of sp³-hybridized carbons (Fsp3) is 0.333. The van der Waals surface area contributed by atoms with Crippen LogP contribution < -0.4 is 0 Å². The molecule has 17 heavy (non-hydrogen) atoms. The van der Waals surface area contributed by atoms with Gasteiger partial charge in [0.2, 0.25) is 0 Å². The number of nitrogens with zero attached hydrogens (tertiary/aromatic N) is 4. The number of halogens is 1. The molecule has 0 aromatic carbocycles. The Labute approximate surface area is 108 Å². The minimum atomic E-state index is 0.889. The van der Waals surface area contributed by atoms with Crippen LogP contribution >= 0.6 is 15.9 Å². The minimum Gasteiger partial charge on any atom is -0.333 e. The van der Waals surface area contributed by atoms with Crippen LogP contribution in [0.2, 0.25) is 0 Å². The predicted octanol–water partition coefficient (Wildman–Crippen LogP) is 2.06. The van der Waals surface area contributed by atoms with Gasteiger partial charge in [0, 0.05) is 42.7 Å². The Balaban J connectivity index is 1.69. The van der Waals surface area contributed by atoms with Crippen LogP contribution in [-0.2, 0) is 19.6 Å². The SMILES string of the molecule is Brc1ccc(CN2CCn3ccnc3C2)nc1. The molecule has 0 spiro atoms. The van der Waals surface area contributed by atoms with Crippen LogP contribution in [0.4, 0.5) is 0 Å². The molecule has 0 saturated carbocycles. The second-order valence-corrected chi connectivity index (χ2v) is 5.13. The summed E-state index contributed by atoms with van der Waals surface area (Å²) < 4.78 is 3.24. The molecule has 1 aliphatic rings. The second kappa shape index (κ2) is 4.58. The van der Waals surface area contributed by atoms with Crippen LogP contribution in [0.15, 0.2) is 35.2 Å². The molecule has 0 radical (unpaired) electrons. The smallest absolute Gasteiger partial charge is 0.122 e. The van der Waals surface area contributed by atoms with Gasteiger partial charge in [-0.2, -0.15) is 0 Å². The second-order valence-electron chi connectivity index (χ2n) is 4.22. The first-order valence-electron chi connectivity index (χ1n) is 5.64. The largest absolute Gasteiger partial charge is 0.333 e. The molecule has 4 nitrogen and oxygen atoms in total. The molecule has 1 aliphatic heterocycles. The molecular formula is C12H13BrN4. The zero-order valence-corrected chi connectivity index (χ0v) is 11.0. The molecule has 2 aromatic rings. The highest BCUT2D eigenvalue weighted by molar-refractivity contribution is 9.10. The average molecular weight is 293 g/mol. The first kappa shape index (κ1) is 10.9. The van der Waals surface area contributed by atoms with E-state index in [0.717, 1.165) is 42.2 Å². The molecular weight excluding hydrogens is 280 g/mol. The average Bonchev–Trinajstić information content (AvgIpc) is 2.79. The van der Waals surface area contributed by atoms with E-state index in [1.165, 1.54) is 0 Å². The van der Waals surface area contributed by atoms with E-state index in [1.54, 1.807) is 0 Å². The molecule has 0 unspecified atom stereocenters. The van der Waals surface area contributed by atoms with Crippen molar-refractivity contribution in [3.63, 3.8) is 0 Å². The number of pyridine rings is 1. The Morgan fingerprint density at radius 2 is 2.18 bits per heavy atom. The van der Waals surface area contributed by atoms with Crippen molar-refractivity contribution in [3.8, 4) is 0 Å². The Kier molecular flexibility index (Phi) is 2.94. The maximum absolute atomic E-state index is 4.40. The van der Waals surface area contributed by atoms with Crippen molar-refractivity contribution in [1.82, 2.24) is 19.4 Å². The molecule has 3 rings (SSSR count). The van der Waals surface area contributed by atoms with Gasteiger partial charge in [0.25, 0.3) is 0 Å². The van der Waals surface area contributed by atoms with Crippen molar-refractivity contribution < 1.29 is 0 Å². The molecule has 0 amide bonds. The number of fused-ring (bicyclic) bond motifs is 1. The number of rotatable bonds is 2. The summed E-state index contributed by atoms with van der Waals surface area (Å²) in [5, 5.41) is 0. The van der Waals surface area contributed by atoms with Crippen molar-refractivity contribution in [2.24, 2.45) is 0 Å². The maximum Gasteiger partial charge on any atom is 0.122 e. The fourth-order valence-corrected chi connectivity index (χ4v) is 2.32. The zero-order chi connectivity index (χ0) is 11.7. The molecule has 0 atom stereocenters. The molecule has 3 heterocycles. The summed E-state index contributed by atoms with van der Waals surface area (Å²) >= 11 is 3.40. The van der Waals surface area contributed by atoms with Crippen LogP contribution in [-0.4, -0.2) is 26.0 Å². The van der Waals surface area contributed by atoms with Gasteiger partial charge >= 0.3 is 0 Å². The Hall–Kier alpha value is -1.20. The van der Waals surface area contributed by atoms with Gasteiger partial charge in [-0.25, -0.2) is 4.98 Å². The number of imidazole rings is 1. The van der Waals surface area contributed by atoms with E-state index in [1.807, 2.05) is 24.7 Å². The molecule has 0 saturated heterocycles. The van der Waals surface area contributed by atoms with E-state index in [-0.39, 0.29) is 0 Å². The van der Waals surface area contributed by atoms with Gasteiger partial charge in [0.05, 0.1) is 12.2 Å². The van der Waals surface area contributed by atoms with Gasteiger partial charge in [-0.05, 0) is 28.1 Å². The topological polar surface area (TPSA) is 34.0 Å². The summed E-state index contributed by atoms with van der Waals surface area (Å²) in [5.74, 6) is 1.15. The Morgan fingerprint density at radius 1 is 1.24 bits per heavy atom. The summed E-state index contributed by atoms with van der Waals surface area (Å²) in [6.07, 6.45) is 5.77. The molecule has 0 bridgehead atoms. The van der Waals surface area contributed by atoms with E-state index in [2.05, 4.69) is 41.4 Å². The van der Waals surface area contributed by atoms with Crippen LogP contribution in [0.25, 0.3) is 0 Å². The predicted molar refractivity (Wildman–Crippen MR) is 68.3 cm³/mol. The summed E-state index contributed by atoms with van der Waals surface area (Å²) in [6, 6.07) is 4.10. The highest BCUT2D eigenvalue weighted by Gasteiger charge is 2.16. The van der Waals surface area contributed by atoms with E-state index >= 15 is 0 Å². The van der Waals surface area contributed by atoms with Crippen LogP contribution in [0.5, 0.6) is 0 Å². The molecule has 88 valence electrons. The first-order valence-corrected chi connectivity index (χ1v) is 6.43. The molecule has 0 aliphatic carbocycles. The summed E-state index contributed by atoms with van der Waals surface area (Å²) in [4.78, 5) is 11.1. The lowest BCUT2D eigenvalue weighted by Crippen LogP contribution is -2.33. The third kappa shape index (κ3) is 2.40. The highest BCUT2D eigenvalue weighted by Crippen LogP contribution is 2.14. The zero-order valence-electron chi connectivity index (χ0n) is 9.38. The normalized spacial score (nSPS) is 15.8. The van der Waals surface area contributed by atoms with Gasteiger partial charge in [-0.3, -0.25) is 9.88 Å². The summed E-state index contributed by atoms with van der Waals surface area (Å²) in [5.41, 5.74) is 1.10. The molecule has 2 aromatic heterocycles. The van der Waals surface area contributed by atoms with Crippen LogP contribution in [0, 0.1) is 0 Å². The number of aromatic nitrogens is 3.